The van der Waals surface area contributed by atoms with Crippen LogP contribution in [0.2, 0.25) is 0 Å². The van der Waals surface area contributed by atoms with E-state index in [2.05, 4.69) is 0 Å². The third kappa shape index (κ3) is 3.55. The second-order valence-corrected chi connectivity index (χ2v) is 5.50. The van der Waals surface area contributed by atoms with E-state index in [-0.39, 0.29) is 5.91 Å². The van der Waals surface area contributed by atoms with Gasteiger partial charge in [-0.1, -0.05) is 6.07 Å². The topological polar surface area (TPSA) is 38.8 Å². The van der Waals surface area contributed by atoms with E-state index < -0.39 is 0 Å². The molecule has 1 aromatic carbocycles. The summed E-state index contributed by atoms with van der Waals surface area (Å²) in [5, 5.41) is 2.01. The van der Waals surface area contributed by atoms with Crippen molar-refractivity contribution in [2.75, 3.05) is 20.8 Å². The van der Waals surface area contributed by atoms with Crippen LogP contribution in [-0.4, -0.2) is 31.6 Å². The quantitative estimate of drug-likeness (QED) is 0.821. The molecule has 5 heteroatoms. The number of hydrogen-bond acceptors (Lipinski definition) is 4. The minimum atomic E-state index is -0.0540. The van der Waals surface area contributed by atoms with Crippen molar-refractivity contribution in [3.05, 3.63) is 46.2 Å². The van der Waals surface area contributed by atoms with Gasteiger partial charge >= 0.3 is 0 Å². The van der Waals surface area contributed by atoms with E-state index in [1.165, 1.54) is 0 Å². The Labute approximate surface area is 128 Å². The van der Waals surface area contributed by atoms with Gasteiger partial charge in [0.15, 0.2) is 0 Å². The zero-order chi connectivity index (χ0) is 15.2. The Morgan fingerprint density at radius 3 is 2.62 bits per heavy atom. The zero-order valence-corrected chi connectivity index (χ0v) is 13.3. The standard InChI is InChI=1S/C16H19NO3S/c1-4-17(11-13-6-5-9-21-13)16(18)14-10-12(19-2)7-8-15(14)20-3/h5-10H,4,11H2,1-3H3. The maximum Gasteiger partial charge on any atom is 0.258 e. The van der Waals surface area contributed by atoms with Crippen molar-refractivity contribution in [3.63, 3.8) is 0 Å². The maximum atomic E-state index is 12.7. The summed E-state index contributed by atoms with van der Waals surface area (Å²) in [5.74, 6) is 1.15. The van der Waals surface area contributed by atoms with Crippen molar-refractivity contribution in [1.29, 1.82) is 0 Å². The summed E-state index contributed by atoms with van der Waals surface area (Å²) in [6.45, 7) is 3.21. The fraction of sp³-hybridized carbons (Fsp3) is 0.312. The molecular weight excluding hydrogens is 286 g/mol. The molecule has 2 rings (SSSR count). The lowest BCUT2D eigenvalue weighted by atomic mass is 10.1. The van der Waals surface area contributed by atoms with E-state index in [0.717, 1.165) is 4.88 Å². The molecular formula is C16H19NO3S. The molecule has 1 amide bonds. The van der Waals surface area contributed by atoms with Gasteiger partial charge in [0.25, 0.3) is 5.91 Å². The summed E-state index contributed by atoms with van der Waals surface area (Å²) in [6.07, 6.45) is 0. The molecule has 2 aromatic rings. The Kier molecular flexibility index (Phi) is 5.22. The molecule has 0 N–H and O–H groups in total. The molecule has 0 radical (unpaired) electrons. The first kappa shape index (κ1) is 15.4. The molecule has 4 nitrogen and oxygen atoms in total. The van der Waals surface area contributed by atoms with Crippen LogP contribution in [0.3, 0.4) is 0 Å². The molecule has 1 aromatic heterocycles. The molecule has 0 unspecified atom stereocenters. The van der Waals surface area contributed by atoms with E-state index in [1.807, 2.05) is 24.4 Å². The van der Waals surface area contributed by atoms with Crippen LogP contribution in [0, 0.1) is 0 Å². The van der Waals surface area contributed by atoms with Crippen molar-refractivity contribution in [1.82, 2.24) is 4.90 Å². The van der Waals surface area contributed by atoms with Crippen LogP contribution in [-0.2, 0) is 6.54 Å². The second-order valence-electron chi connectivity index (χ2n) is 4.46. The van der Waals surface area contributed by atoms with Crippen LogP contribution in [0.25, 0.3) is 0 Å². The van der Waals surface area contributed by atoms with Crippen LogP contribution < -0.4 is 9.47 Å². The Bertz CT molecular complexity index is 596. The number of hydrogen-bond donors (Lipinski definition) is 0. The monoisotopic (exact) mass is 305 g/mol. The fourth-order valence-electron chi connectivity index (χ4n) is 2.07. The van der Waals surface area contributed by atoms with Gasteiger partial charge in [-0.05, 0) is 36.6 Å². The zero-order valence-electron chi connectivity index (χ0n) is 12.5. The minimum Gasteiger partial charge on any atom is -0.497 e. The predicted molar refractivity (Wildman–Crippen MR) is 84.3 cm³/mol. The van der Waals surface area contributed by atoms with Gasteiger partial charge in [0.05, 0.1) is 26.3 Å². The van der Waals surface area contributed by atoms with Crippen molar-refractivity contribution >= 4 is 17.2 Å². The Balaban J connectivity index is 2.27. The Morgan fingerprint density at radius 2 is 2.05 bits per heavy atom. The average Bonchev–Trinajstić information content (AvgIpc) is 3.04. The lowest BCUT2D eigenvalue weighted by molar-refractivity contribution is 0.0750. The van der Waals surface area contributed by atoms with Gasteiger partial charge in [0.1, 0.15) is 11.5 Å². The van der Waals surface area contributed by atoms with Gasteiger partial charge in [-0.15, -0.1) is 11.3 Å². The molecule has 0 saturated heterocycles. The highest BCUT2D eigenvalue weighted by atomic mass is 32.1. The third-order valence-electron chi connectivity index (χ3n) is 3.23. The van der Waals surface area contributed by atoms with Gasteiger partial charge < -0.3 is 14.4 Å². The lowest BCUT2D eigenvalue weighted by Gasteiger charge is -2.21. The largest absolute Gasteiger partial charge is 0.497 e. The molecule has 0 bridgehead atoms. The fourth-order valence-corrected chi connectivity index (χ4v) is 2.79. The summed E-state index contributed by atoms with van der Waals surface area (Å²) >= 11 is 1.65. The summed E-state index contributed by atoms with van der Waals surface area (Å²) < 4.78 is 10.5. The van der Waals surface area contributed by atoms with Crippen LogP contribution in [0.5, 0.6) is 11.5 Å². The van der Waals surface area contributed by atoms with E-state index in [9.17, 15) is 4.79 Å². The first-order valence-corrected chi connectivity index (χ1v) is 7.61. The minimum absolute atomic E-state index is 0.0540. The molecule has 0 spiro atoms. The molecule has 0 aliphatic rings. The SMILES string of the molecule is CCN(Cc1cccs1)C(=O)c1cc(OC)ccc1OC. The normalized spacial score (nSPS) is 10.2. The molecule has 0 aliphatic carbocycles. The summed E-state index contributed by atoms with van der Waals surface area (Å²) in [4.78, 5) is 15.7. The van der Waals surface area contributed by atoms with Crippen molar-refractivity contribution < 1.29 is 14.3 Å². The van der Waals surface area contributed by atoms with Crippen LogP contribution in [0.15, 0.2) is 35.7 Å². The van der Waals surface area contributed by atoms with Crippen molar-refractivity contribution in [2.24, 2.45) is 0 Å². The summed E-state index contributed by atoms with van der Waals surface area (Å²) in [6, 6.07) is 9.28. The average molecular weight is 305 g/mol. The Hall–Kier alpha value is -2.01. The second kappa shape index (κ2) is 7.13. The van der Waals surface area contributed by atoms with Crippen LogP contribution in [0.4, 0.5) is 0 Å². The molecule has 21 heavy (non-hydrogen) atoms. The number of methoxy groups -OCH3 is 2. The highest BCUT2D eigenvalue weighted by Gasteiger charge is 2.19. The Morgan fingerprint density at radius 1 is 1.24 bits per heavy atom. The maximum absolute atomic E-state index is 12.7. The third-order valence-corrected chi connectivity index (χ3v) is 4.09. The predicted octanol–water partition coefficient (Wildman–Crippen LogP) is 3.43. The smallest absolute Gasteiger partial charge is 0.258 e. The highest BCUT2D eigenvalue weighted by molar-refractivity contribution is 7.09. The summed E-state index contributed by atoms with van der Waals surface area (Å²) in [5.41, 5.74) is 0.523. The first-order chi connectivity index (χ1) is 10.2. The number of benzene rings is 1. The number of thiophene rings is 1. The number of ether oxygens (including phenoxy) is 2. The van der Waals surface area contributed by atoms with E-state index in [4.69, 9.17) is 9.47 Å². The molecule has 112 valence electrons. The molecule has 0 atom stereocenters. The number of nitrogens with zero attached hydrogens (tertiary/aromatic N) is 1. The molecule has 0 saturated carbocycles. The van der Waals surface area contributed by atoms with Gasteiger partial charge in [0.2, 0.25) is 0 Å². The number of amides is 1. The summed E-state index contributed by atoms with van der Waals surface area (Å²) in [7, 11) is 3.15. The van der Waals surface area contributed by atoms with Gasteiger partial charge in [-0.3, -0.25) is 4.79 Å². The number of carbonyl (C=O) groups is 1. The van der Waals surface area contributed by atoms with Gasteiger partial charge in [-0.25, -0.2) is 0 Å². The lowest BCUT2D eigenvalue weighted by Crippen LogP contribution is -2.30. The molecule has 1 heterocycles. The van der Waals surface area contributed by atoms with E-state index in [1.54, 1.807) is 48.7 Å². The number of carbonyl (C=O) groups excluding carboxylic acids is 1. The van der Waals surface area contributed by atoms with Crippen LogP contribution in [0.1, 0.15) is 22.2 Å². The van der Waals surface area contributed by atoms with Gasteiger partial charge in [0, 0.05) is 11.4 Å². The first-order valence-electron chi connectivity index (χ1n) is 6.73. The van der Waals surface area contributed by atoms with Crippen molar-refractivity contribution in [2.45, 2.75) is 13.5 Å². The molecule has 0 fully saturated rings. The van der Waals surface area contributed by atoms with Crippen molar-refractivity contribution in [3.8, 4) is 11.5 Å². The molecule has 0 aliphatic heterocycles. The van der Waals surface area contributed by atoms with E-state index in [0.29, 0.717) is 30.2 Å². The van der Waals surface area contributed by atoms with E-state index >= 15 is 0 Å². The number of rotatable bonds is 6. The van der Waals surface area contributed by atoms with Gasteiger partial charge in [-0.2, -0.15) is 0 Å². The van der Waals surface area contributed by atoms with Crippen LogP contribution >= 0.6 is 11.3 Å². The highest BCUT2D eigenvalue weighted by Crippen LogP contribution is 2.26.